The molecule has 5 rings (SSSR count). The molecule has 1 aliphatic heterocycles. The fourth-order valence-electron chi connectivity index (χ4n) is 10.5. The summed E-state index contributed by atoms with van der Waals surface area (Å²) in [7, 11) is 2.00. The molecule has 5 aliphatic rings. The molecule has 2 nitrogen and oxygen atoms in total. The summed E-state index contributed by atoms with van der Waals surface area (Å²) in [5, 5.41) is 0. The molecule has 4 aliphatic carbocycles. The van der Waals surface area contributed by atoms with Crippen LogP contribution in [0.15, 0.2) is 0 Å². The van der Waals surface area contributed by atoms with Gasteiger partial charge < -0.3 is 9.47 Å². The van der Waals surface area contributed by atoms with Gasteiger partial charge in [-0.25, -0.2) is 0 Å². The molecule has 5 fully saturated rings. The zero-order valence-electron chi connectivity index (χ0n) is 19.4. The monoisotopic (exact) mass is 388 g/mol. The lowest BCUT2D eigenvalue weighted by atomic mass is 9.34. The van der Waals surface area contributed by atoms with Gasteiger partial charge in [0.05, 0.1) is 12.7 Å². The van der Waals surface area contributed by atoms with Gasteiger partial charge in [0.2, 0.25) is 0 Å². The highest BCUT2D eigenvalue weighted by atomic mass is 16.5. The van der Waals surface area contributed by atoms with Gasteiger partial charge in [0.25, 0.3) is 0 Å². The van der Waals surface area contributed by atoms with E-state index in [0.717, 1.165) is 36.9 Å². The molecule has 0 spiro atoms. The van der Waals surface area contributed by atoms with Gasteiger partial charge in [-0.3, -0.25) is 0 Å². The first-order valence-corrected chi connectivity index (χ1v) is 12.3. The summed E-state index contributed by atoms with van der Waals surface area (Å²) in [6, 6.07) is 0. The van der Waals surface area contributed by atoms with Crippen LogP contribution in [0, 0.1) is 51.2 Å². The maximum atomic E-state index is 6.39. The molecule has 160 valence electrons. The van der Waals surface area contributed by atoms with E-state index >= 15 is 0 Å². The van der Waals surface area contributed by atoms with Gasteiger partial charge in [0.15, 0.2) is 0 Å². The minimum Gasteiger partial charge on any atom is -0.381 e. The van der Waals surface area contributed by atoms with Crippen LogP contribution in [0.3, 0.4) is 0 Å². The van der Waals surface area contributed by atoms with E-state index in [4.69, 9.17) is 9.47 Å². The molecule has 0 N–H and O–H groups in total. The van der Waals surface area contributed by atoms with Crippen LogP contribution in [-0.2, 0) is 9.47 Å². The first-order chi connectivity index (χ1) is 13.2. The summed E-state index contributed by atoms with van der Waals surface area (Å²) >= 11 is 0. The summed E-state index contributed by atoms with van der Waals surface area (Å²) in [6.45, 7) is 15.1. The molecule has 0 aromatic carbocycles. The highest BCUT2D eigenvalue weighted by Crippen LogP contribution is 2.74. The van der Waals surface area contributed by atoms with Gasteiger partial charge >= 0.3 is 0 Å². The van der Waals surface area contributed by atoms with Crippen molar-refractivity contribution in [2.45, 2.75) is 92.1 Å². The maximum absolute atomic E-state index is 6.39. The number of hydrogen-bond acceptors (Lipinski definition) is 2. The molecule has 1 unspecified atom stereocenters. The Kier molecular flexibility index (Phi) is 4.41. The summed E-state index contributed by atoms with van der Waals surface area (Å²) in [5.74, 6) is 4.00. The van der Waals surface area contributed by atoms with Crippen LogP contribution in [0.1, 0.15) is 86.0 Å². The lowest BCUT2D eigenvalue weighted by Gasteiger charge is -2.71. The van der Waals surface area contributed by atoms with Crippen molar-refractivity contribution in [2.75, 3.05) is 20.3 Å². The molecule has 28 heavy (non-hydrogen) atoms. The van der Waals surface area contributed by atoms with E-state index in [0.29, 0.717) is 33.7 Å². The SMILES string of the molecule is CO[C@@H]1C[C@@H]2[C@@]3(C)CCCC(C)(C)[C@@H]3CC[C@@]2(C)[C@@H]2CCC3COC[C@@H]3[C@@]12C. The standard InChI is InChI=1S/C26H44O2/c1-23(2)11-7-12-24(3)19(23)10-13-25(4)20-9-8-17-15-28-16-18(17)26(20,5)22(27-6)14-21(24)25/h17-22H,7-16H2,1-6H3/t17?,18-,19-,20-,21+,22+,24-,25-,26+/m0/s1. The van der Waals surface area contributed by atoms with Crippen molar-refractivity contribution in [2.24, 2.45) is 51.2 Å². The Labute approximate surface area is 173 Å². The molecule has 0 bridgehead atoms. The van der Waals surface area contributed by atoms with E-state index in [2.05, 4.69) is 34.6 Å². The Bertz CT molecular complexity index is 628. The molecule has 1 heterocycles. The second-order valence-electron chi connectivity index (χ2n) is 12.9. The number of ether oxygens (including phenoxy) is 2. The Hall–Kier alpha value is -0.0800. The van der Waals surface area contributed by atoms with Crippen molar-refractivity contribution in [3.05, 3.63) is 0 Å². The highest BCUT2D eigenvalue weighted by Gasteiger charge is 2.69. The van der Waals surface area contributed by atoms with Crippen LogP contribution in [0.4, 0.5) is 0 Å². The van der Waals surface area contributed by atoms with Crippen molar-refractivity contribution in [3.8, 4) is 0 Å². The van der Waals surface area contributed by atoms with Gasteiger partial charge in [-0.15, -0.1) is 0 Å². The smallest absolute Gasteiger partial charge is 0.0634 e. The van der Waals surface area contributed by atoms with E-state index in [1.54, 1.807) is 0 Å². The maximum Gasteiger partial charge on any atom is 0.0634 e. The second-order valence-corrected chi connectivity index (χ2v) is 12.9. The average Bonchev–Trinajstić information content (AvgIpc) is 3.10. The van der Waals surface area contributed by atoms with Crippen molar-refractivity contribution in [1.82, 2.24) is 0 Å². The van der Waals surface area contributed by atoms with Crippen LogP contribution >= 0.6 is 0 Å². The minimum atomic E-state index is 0.298. The number of methoxy groups -OCH3 is 1. The fraction of sp³-hybridized carbons (Fsp3) is 1.00. The molecular formula is C26H44O2. The van der Waals surface area contributed by atoms with Crippen LogP contribution in [0.2, 0.25) is 0 Å². The Morgan fingerprint density at radius 3 is 2.29 bits per heavy atom. The third-order valence-electron chi connectivity index (χ3n) is 11.6. The number of hydrogen-bond donors (Lipinski definition) is 0. The van der Waals surface area contributed by atoms with Crippen molar-refractivity contribution in [1.29, 1.82) is 0 Å². The van der Waals surface area contributed by atoms with Crippen molar-refractivity contribution in [3.63, 3.8) is 0 Å². The van der Waals surface area contributed by atoms with Gasteiger partial charge in [0.1, 0.15) is 0 Å². The van der Waals surface area contributed by atoms with Crippen LogP contribution < -0.4 is 0 Å². The lowest BCUT2D eigenvalue weighted by molar-refractivity contribution is -0.252. The first-order valence-electron chi connectivity index (χ1n) is 12.3. The summed E-state index contributed by atoms with van der Waals surface area (Å²) in [6.07, 6.45) is 11.7. The van der Waals surface area contributed by atoms with Gasteiger partial charge in [-0.2, -0.15) is 0 Å². The van der Waals surface area contributed by atoms with Crippen molar-refractivity contribution >= 4 is 0 Å². The molecular weight excluding hydrogens is 344 g/mol. The van der Waals surface area contributed by atoms with E-state index in [1.165, 1.54) is 51.4 Å². The number of rotatable bonds is 1. The molecule has 0 radical (unpaired) electrons. The normalized spacial score (nSPS) is 57.6. The predicted molar refractivity (Wildman–Crippen MR) is 114 cm³/mol. The lowest BCUT2D eigenvalue weighted by Crippen LogP contribution is -2.67. The van der Waals surface area contributed by atoms with Crippen LogP contribution in [0.5, 0.6) is 0 Å². The van der Waals surface area contributed by atoms with Gasteiger partial charge in [-0.1, -0.05) is 41.0 Å². The molecule has 9 atom stereocenters. The summed E-state index contributed by atoms with van der Waals surface area (Å²) in [4.78, 5) is 0. The third-order valence-corrected chi connectivity index (χ3v) is 11.6. The average molecular weight is 389 g/mol. The largest absolute Gasteiger partial charge is 0.381 e. The molecule has 4 saturated carbocycles. The van der Waals surface area contributed by atoms with Crippen LogP contribution in [0.25, 0.3) is 0 Å². The topological polar surface area (TPSA) is 18.5 Å². The van der Waals surface area contributed by atoms with E-state index in [-0.39, 0.29) is 0 Å². The van der Waals surface area contributed by atoms with E-state index in [1.807, 2.05) is 7.11 Å². The number of fused-ring (bicyclic) bond motifs is 7. The highest BCUT2D eigenvalue weighted by molar-refractivity contribution is 5.17. The zero-order valence-corrected chi connectivity index (χ0v) is 19.4. The van der Waals surface area contributed by atoms with Gasteiger partial charge in [-0.05, 0) is 90.8 Å². The Balaban J connectivity index is 1.58. The summed E-state index contributed by atoms with van der Waals surface area (Å²) in [5.41, 5.74) is 1.79. The minimum absolute atomic E-state index is 0.298. The Morgan fingerprint density at radius 2 is 1.54 bits per heavy atom. The third kappa shape index (κ3) is 2.34. The molecule has 2 heteroatoms. The quantitative estimate of drug-likeness (QED) is 0.522. The van der Waals surface area contributed by atoms with Crippen LogP contribution in [-0.4, -0.2) is 26.4 Å². The fourth-order valence-corrected chi connectivity index (χ4v) is 10.5. The predicted octanol–water partition coefficient (Wildman–Crippen LogP) is 6.33. The van der Waals surface area contributed by atoms with E-state index in [9.17, 15) is 0 Å². The molecule has 0 amide bonds. The first kappa shape index (κ1) is 19.9. The second kappa shape index (κ2) is 6.22. The molecule has 0 aromatic heterocycles. The zero-order chi connectivity index (χ0) is 19.9. The molecule has 1 saturated heterocycles. The van der Waals surface area contributed by atoms with Gasteiger partial charge in [0, 0.05) is 19.1 Å². The summed E-state index contributed by atoms with van der Waals surface area (Å²) < 4.78 is 12.4. The van der Waals surface area contributed by atoms with Crippen molar-refractivity contribution < 1.29 is 9.47 Å². The molecule has 0 aromatic rings. The Morgan fingerprint density at radius 1 is 0.786 bits per heavy atom. The van der Waals surface area contributed by atoms with E-state index < -0.39 is 0 Å².